The molecule has 1 saturated carbocycles. The average molecular weight is 302 g/mol. The van der Waals surface area contributed by atoms with E-state index >= 15 is 0 Å². The Balaban J connectivity index is 1.64. The molecule has 5 nitrogen and oxygen atoms in total. The van der Waals surface area contributed by atoms with Gasteiger partial charge in [0.15, 0.2) is 5.58 Å². The summed E-state index contributed by atoms with van der Waals surface area (Å²) in [6, 6.07) is 7.37. The Bertz CT molecular complexity index is 638. The number of aromatic nitrogens is 1. The fourth-order valence-corrected chi connectivity index (χ4v) is 3.11. The number of aliphatic hydroxyl groups is 1. The minimum Gasteiger partial charge on any atom is -0.391 e. The second-order valence-electron chi connectivity index (χ2n) is 6.04. The van der Waals surface area contributed by atoms with Gasteiger partial charge in [0.25, 0.3) is 0 Å². The fourth-order valence-electron chi connectivity index (χ4n) is 3.11. The molecule has 1 amide bonds. The molecule has 1 aromatic heterocycles. The Hall–Kier alpha value is -1.88. The quantitative estimate of drug-likeness (QED) is 0.913. The smallest absolute Gasteiger partial charge is 0.226 e. The van der Waals surface area contributed by atoms with E-state index in [1.54, 1.807) is 0 Å². The van der Waals surface area contributed by atoms with Crippen LogP contribution < -0.4 is 5.32 Å². The number of hydrogen-bond acceptors (Lipinski definition) is 4. The number of nitrogens with one attached hydrogen (secondary N) is 1. The number of amides is 1. The van der Waals surface area contributed by atoms with E-state index in [4.69, 9.17) is 4.52 Å². The molecule has 1 heterocycles. The maximum Gasteiger partial charge on any atom is 0.226 e. The first kappa shape index (κ1) is 15.0. The molecule has 2 atom stereocenters. The van der Waals surface area contributed by atoms with Crippen LogP contribution in [-0.2, 0) is 11.2 Å². The maximum atomic E-state index is 12.3. The summed E-state index contributed by atoms with van der Waals surface area (Å²) in [5, 5.41) is 18.0. The van der Waals surface area contributed by atoms with Crippen LogP contribution in [0.2, 0.25) is 0 Å². The van der Waals surface area contributed by atoms with Crippen LogP contribution in [0.4, 0.5) is 0 Å². The van der Waals surface area contributed by atoms with Crippen LogP contribution in [0.3, 0.4) is 0 Å². The zero-order valence-corrected chi connectivity index (χ0v) is 12.6. The Morgan fingerprint density at radius 1 is 1.23 bits per heavy atom. The third kappa shape index (κ3) is 3.47. The van der Waals surface area contributed by atoms with Crippen molar-refractivity contribution in [2.75, 3.05) is 0 Å². The van der Waals surface area contributed by atoms with Gasteiger partial charge in [-0.1, -0.05) is 43.0 Å². The molecule has 1 aliphatic carbocycles. The standard InChI is InChI=1S/C17H22N2O3/c20-15-9-4-2-1-3-8-13(15)18-17(21)11-14-12-7-5-6-10-16(12)22-19-14/h5-7,10,13,15,20H,1-4,8-9,11H2,(H,18,21)/t13-,15-/m0/s1. The van der Waals surface area contributed by atoms with E-state index in [1.807, 2.05) is 24.3 Å². The van der Waals surface area contributed by atoms with E-state index in [0.717, 1.165) is 31.1 Å². The molecule has 0 bridgehead atoms. The predicted molar refractivity (Wildman–Crippen MR) is 83.4 cm³/mol. The minimum absolute atomic E-state index is 0.108. The van der Waals surface area contributed by atoms with Gasteiger partial charge in [-0.05, 0) is 25.0 Å². The number of benzene rings is 1. The molecule has 3 rings (SSSR count). The highest BCUT2D eigenvalue weighted by Gasteiger charge is 2.23. The van der Waals surface area contributed by atoms with Crippen molar-refractivity contribution in [2.45, 2.75) is 57.1 Å². The first-order chi connectivity index (χ1) is 10.7. The lowest BCUT2D eigenvalue weighted by Gasteiger charge is -2.26. The molecular formula is C17H22N2O3. The van der Waals surface area contributed by atoms with Gasteiger partial charge in [0.2, 0.25) is 5.91 Å². The van der Waals surface area contributed by atoms with Crippen molar-refractivity contribution >= 4 is 16.9 Å². The molecule has 5 heteroatoms. The Morgan fingerprint density at radius 3 is 2.86 bits per heavy atom. The Kier molecular flexibility index (Phi) is 4.73. The van der Waals surface area contributed by atoms with Gasteiger partial charge in [-0.3, -0.25) is 4.79 Å². The van der Waals surface area contributed by atoms with Crippen LogP contribution in [0.25, 0.3) is 11.0 Å². The van der Waals surface area contributed by atoms with E-state index < -0.39 is 6.10 Å². The van der Waals surface area contributed by atoms with Crippen LogP contribution in [0.15, 0.2) is 28.8 Å². The summed E-state index contributed by atoms with van der Waals surface area (Å²) >= 11 is 0. The molecule has 22 heavy (non-hydrogen) atoms. The number of para-hydroxylation sites is 1. The first-order valence-electron chi connectivity index (χ1n) is 8.05. The van der Waals surface area contributed by atoms with Crippen molar-refractivity contribution in [2.24, 2.45) is 0 Å². The van der Waals surface area contributed by atoms with E-state index in [1.165, 1.54) is 12.8 Å². The van der Waals surface area contributed by atoms with Gasteiger partial charge in [0.05, 0.1) is 18.6 Å². The highest BCUT2D eigenvalue weighted by molar-refractivity contribution is 5.86. The van der Waals surface area contributed by atoms with Crippen molar-refractivity contribution in [3.8, 4) is 0 Å². The second kappa shape index (κ2) is 6.92. The van der Waals surface area contributed by atoms with Crippen LogP contribution in [-0.4, -0.2) is 28.3 Å². The number of fused-ring (bicyclic) bond motifs is 1. The molecule has 1 fully saturated rings. The van der Waals surface area contributed by atoms with Crippen molar-refractivity contribution in [1.29, 1.82) is 0 Å². The minimum atomic E-state index is -0.446. The normalized spacial score (nSPS) is 23.0. The third-order valence-corrected chi connectivity index (χ3v) is 4.36. The topological polar surface area (TPSA) is 75.4 Å². The number of rotatable bonds is 3. The lowest BCUT2D eigenvalue weighted by atomic mass is 9.94. The maximum absolute atomic E-state index is 12.3. The van der Waals surface area contributed by atoms with Gasteiger partial charge in [0, 0.05) is 5.39 Å². The van der Waals surface area contributed by atoms with Gasteiger partial charge < -0.3 is 14.9 Å². The molecule has 2 N–H and O–H groups in total. The van der Waals surface area contributed by atoms with Crippen LogP contribution in [0.5, 0.6) is 0 Å². The average Bonchev–Trinajstić information content (AvgIpc) is 2.90. The van der Waals surface area contributed by atoms with Gasteiger partial charge in [-0.25, -0.2) is 0 Å². The highest BCUT2D eigenvalue weighted by atomic mass is 16.5. The Labute approximate surface area is 129 Å². The summed E-state index contributed by atoms with van der Waals surface area (Å²) in [5.74, 6) is -0.108. The van der Waals surface area contributed by atoms with E-state index in [9.17, 15) is 9.90 Å². The molecule has 0 spiro atoms. The highest BCUT2D eigenvalue weighted by Crippen LogP contribution is 2.20. The van der Waals surface area contributed by atoms with Gasteiger partial charge in [-0.15, -0.1) is 0 Å². The van der Waals surface area contributed by atoms with Crippen molar-refractivity contribution in [1.82, 2.24) is 10.5 Å². The molecule has 0 saturated heterocycles. The summed E-state index contributed by atoms with van der Waals surface area (Å²) in [5.41, 5.74) is 1.34. The molecule has 118 valence electrons. The van der Waals surface area contributed by atoms with Crippen LogP contribution in [0, 0.1) is 0 Å². The lowest BCUT2D eigenvalue weighted by Crippen LogP contribution is -2.44. The zero-order chi connectivity index (χ0) is 15.4. The molecule has 1 aliphatic rings. The molecule has 0 radical (unpaired) electrons. The molecule has 1 aromatic carbocycles. The summed E-state index contributed by atoms with van der Waals surface area (Å²) < 4.78 is 5.22. The third-order valence-electron chi connectivity index (χ3n) is 4.36. The predicted octanol–water partition coefficient (Wildman–Crippen LogP) is 2.57. The number of aliphatic hydroxyl groups excluding tert-OH is 1. The number of carbonyl (C=O) groups excluding carboxylic acids is 1. The van der Waals surface area contributed by atoms with Gasteiger partial charge >= 0.3 is 0 Å². The number of hydrogen-bond donors (Lipinski definition) is 2. The fraction of sp³-hybridized carbons (Fsp3) is 0.529. The van der Waals surface area contributed by atoms with Crippen molar-refractivity contribution < 1.29 is 14.4 Å². The van der Waals surface area contributed by atoms with Gasteiger partial charge in [0.1, 0.15) is 5.69 Å². The second-order valence-corrected chi connectivity index (χ2v) is 6.04. The summed E-state index contributed by atoms with van der Waals surface area (Å²) in [6.45, 7) is 0. The molecule has 2 aromatic rings. The van der Waals surface area contributed by atoms with Crippen LogP contribution in [0.1, 0.15) is 44.2 Å². The summed E-state index contributed by atoms with van der Waals surface area (Å²) in [4.78, 5) is 12.3. The summed E-state index contributed by atoms with van der Waals surface area (Å²) in [7, 11) is 0. The molecular weight excluding hydrogens is 280 g/mol. The Morgan fingerprint density at radius 2 is 2.00 bits per heavy atom. The lowest BCUT2D eigenvalue weighted by molar-refractivity contribution is -0.122. The zero-order valence-electron chi connectivity index (χ0n) is 12.6. The van der Waals surface area contributed by atoms with E-state index in [-0.39, 0.29) is 18.4 Å². The van der Waals surface area contributed by atoms with Gasteiger partial charge in [-0.2, -0.15) is 0 Å². The SMILES string of the molecule is O=C(Cc1noc2ccccc12)N[C@H]1CCCCCC[C@@H]1O. The molecule has 0 aliphatic heterocycles. The van der Waals surface area contributed by atoms with E-state index in [0.29, 0.717) is 11.3 Å². The van der Waals surface area contributed by atoms with Crippen LogP contribution >= 0.6 is 0 Å². The number of nitrogens with zero attached hydrogens (tertiary/aromatic N) is 1. The number of carbonyl (C=O) groups is 1. The largest absolute Gasteiger partial charge is 0.391 e. The van der Waals surface area contributed by atoms with Crippen molar-refractivity contribution in [3.05, 3.63) is 30.0 Å². The summed E-state index contributed by atoms with van der Waals surface area (Å²) in [6.07, 6.45) is 5.76. The molecule has 0 unspecified atom stereocenters. The van der Waals surface area contributed by atoms with Crippen molar-refractivity contribution in [3.63, 3.8) is 0 Å². The first-order valence-corrected chi connectivity index (χ1v) is 8.05. The van der Waals surface area contributed by atoms with E-state index in [2.05, 4.69) is 10.5 Å². The monoisotopic (exact) mass is 302 g/mol.